The maximum Gasteiger partial charge on any atom is 0.227 e. The van der Waals surface area contributed by atoms with Gasteiger partial charge in [0.1, 0.15) is 5.75 Å². The number of nitrogens with zero attached hydrogens (tertiary/aromatic N) is 4. The van der Waals surface area contributed by atoms with Crippen LogP contribution < -0.4 is 4.74 Å². The number of fused-ring (bicyclic) bond motifs is 1. The van der Waals surface area contributed by atoms with Gasteiger partial charge in [0.2, 0.25) is 5.91 Å². The third-order valence-corrected chi connectivity index (χ3v) is 5.60. The Kier molecular flexibility index (Phi) is 5.03. The molecule has 152 valence electrons. The first-order valence-corrected chi connectivity index (χ1v) is 10.1. The molecule has 1 unspecified atom stereocenters. The van der Waals surface area contributed by atoms with E-state index in [1.54, 1.807) is 7.11 Å². The molecule has 4 rings (SSSR count). The third kappa shape index (κ3) is 3.71. The highest BCUT2D eigenvalue weighted by Crippen LogP contribution is 2.32. The molecule has 1 aliphatic rings. The zero-order chi connectivity index (χ0) is 20.6. The Labute approximate surface area is 171 Å². The molecule has 6 nitrogen and oxygen atoms in total. The molecule has 1 aliphatic heterocycles. The van der Waals surface area contributed by atoms with Crippen LogP contribution in [0.5, 0.6) is 5.75 Å². The Bertz CT molecular complexity index is 1020. The standard InChI is InChI=1S/C23H28N4O2/c1-23(2,3)22(28)26-13-5-6-17(15-26)20-11-12-24-21-19(14-25-27(20)21)16-7-9-18(29-4)10-8-16/h7-12,14,17H,5-6,13,15H2,1-4H3. The predicted octanol–water partition coefficient (Wildman–Crippen LogP) is 4.16. The van der Waals surface area contributed by atoms with Crippen molar-refractivity contribution in [1.29, 1.82) is 0 Å². The van der Waals surface area contributed by atoms with E-state index >= 15 is 0 Å². The van der Waals surface area contributed by atoms with E-state index in [1.165, 1.54) is 0 Å². The van der Waals surface area contributed by atoms with E-state index in [-0.39, 0.29) is 17.2 Å². The Morgan fingerprint density at radius 3 is 2.62 bits per heavy atom. The number of carbonyl (C=O) groups is 1. The Morgan fingerprint density at radius 1 is 1.17 bits per heavy atom. The number of carbonyl (C=O) groups excluding carboxylic acids is 1. The van der Waals surface area contributed by atoms with Crippen molar-refractivity contribution in [3.05, 3.63) is 48.4 Å². The van der Waals surface area contributed by atoms with Gasteiger partial charge >= 0.3 is 0 Å². The Morgan fingerprint density at radius 2 is 1.93 bits per heavy atom. The SMILES string of the molecule is COc1ccc(-c2cnn3c(C4CCCN(C(=O)C(C)(C)C)C4)ccnc23)cc1. The second-order valence-electron chi connectivity index (χ2n) is 8.73. The second kappa shape index (κ2) is 7.50. The molecule has 1 amide bonds. The summed E-state index contributed by atoms with van der Waals surface area (Å²) in [5.41, 5.74) is 3.64. The van der Waals surface area contributed by atoms with Gasteiger partial charge in [-0.3, -0.25) is 4.79 Å². The fourth-order valence-electron chi connectivity index (χ4n) is 4.07. The maximum atomic E-state index is 12.8. The smallest absolute Gasteiger partial charge is 0.227 e. The van der Waals surface area contributed by atoms with E-state index in [9.17, 15) is 4.79 Å². The van der Waals surface area contributed by atoms with E-state index in [2.05, 4.69) is 10.1 Å². The van der Waals surface area contributed by atoms with Gasteiger partial charge in [-0.05, 0) is 36.6 Å². The highest BCUT2D eigenvalue weighted by atomic mass is 16.5. The molecule has 2 aromatic heterocycles. The van der Waals surface area contributed by atoms with Crippen molar-refractivity contribution < 1.29 is 9.53 Å². The summed E-state index contributed by atoms with van der Waals surface area (Å²) < 4.78 is 7.20. The molecule has 3 aromatic rings. The number of ether oxygens (including phenoxy) is 1. The van der Waals surface area contributed by atoms with Crippen LogP contribution in [0.4, 0.5) is 0 Å². The third-order valence-electron chi connectivity index (χ3n) is 5.60. The zero-order valence-electron chi connectivity index (χ0n) is 17.6. The first kappa shape index (κ1) is 19.4. The fourth-order valence-corrected chi connectivity index (χ4v) is 4.07. The first-order chi connectivity index (χ1) is 13.9. The minimum Gasteiger partial charge on any atom is -0.497 e. The van der Waals surface area contributed by atoms with Crippen LogP contribution in [-0.2, 0) is 4.79 Å². The van der Waals surface area contributed by atoms with E-state index < -0.39 is 0 Å². The molecular weight excluding hydrogens is 364 g/mol. The van der Waals surface area contributed by atoms with Gasteiger partial charge in [0.25, 0.3) is 0 Å². The van der Waals surface area contributed by atoms with E-state index in [0.717, 1.165) is 54.1 Å². The molecule has 0 aliphatic carbocycles. The average Bonchev–Trinajstić information content (AvgIpc) is 3.17. The van der Waals surface area contributed by atoms with Crippen LogP contribution in [0, 0.1) is 5.41 Å². The number of piperidine rings is 1. The number of benzene rings is 1. The van der Waals surface area contributed by atoms with Gasteiger partial charge in [-0.2, -0.15) is 5.10 Å². The topological polar surface area (TPSA) is 59.7 Å². The van der Waals surface area contributed by atoms with Crippen LogP contribution in [0.2, 0.25) is 0 Å². The maximum absolute atomic E-state index is 12.8. The molecule has 0 radical (unpaired) electrons. The molecule has 1 fully saturated rings. The number of hydrogen-bond acceptors (Lipinski definition) is 4. The molecule has 0 bridgehead atoms. The molecule has 6 heteroatoms. The lowest BCUT2D eigenvalue weighted by Gasteiger charge is -2.36. The van der Waals surface area contributed by atoms with Gasteiger partial charge < -0.3 is 9.64 Å². The summed E-state index contributed by atoms with van der Waals surface area (Å²) >= 11 is 0. The summed E-state index contributed by atoms with van der Waals surface area (Å²) in [4.78, 5) is 19.4. The summed E-state index contributed by atoms with van der Waals surface area (Å²) in [5, 5.41) is 4.65. The Hall–Kier alpha value is -2.89. The first-order valence-electron chi connectivity index (χ1n) is 10.1. The molecule has 0 spiro atoms. The summed E-state index contributed by atoms with van der Waals surface area (Å²) in [5.74, 6) is 1.29. The molecule has 1 aromatic carbocycles. The van der Waals surface area contributed by atoms with Gasteiger partial charge in [0.05, 0.1) is 19.0 Å². The van der Waals surface area contributed by atoms with E-state index in [1.807, 2.05) is 72.9 Å². The van der Waals surface area contributed by atoms with Gasteiger partial charge in [-0.15, -0.1) is 0 Å². The number of likely N-dealkylation sites (tertiary alicyclic amines) is 1. The lowest BCUT2D eigenvalue weighted by molar-refractivity contribution is -0.140. The minimum atomic E-state index is -0.358. The molecule has 3 heterocycles. The van der Waals surface area contributed by atoms with Crippen LogP contribution in [-0.4, -0.2) is 45.6 Å². The van der Waals surface area contributed by atoms with Crippen molar-refractivity contribution in [3.8, 4) is 16.9 Å². The predicted molar refractivity (Wildman–Crippen MR) is 113 cm³/mol. The summed E-state index contributed by atoms with van der Waals surface area (Å²) in [6.45, 7) is 7.51. The molecule has 0 N–H and O–H groups in total. The summed E-state index contributed by atoms with van der Waals surface area (Å²) in [7, 11) is 1.66. The molecule has 1 atom stereocenters. The van der Waals surface area contributed by atoms with Gasteiger partial charge in [-0.25, -0.2) is 9.50 Å². The summed E-state index contributed by atoms with van der Waals surface area (Å²) in [6, 6.07) is 9.97. The largest absolute Gasteiger partial charge is 0.497 e. The molecule has 0 saturated carbocycles. The lowest BCUT2D eigenvalue weighted by atomic mass is 9.90. The van der Waals surface area contributed by atoms with Gasteiger partial charge in [0.15, 0.2) is 5.65 Å². The van der Waals surface area contributed by atoms with E-state index in [0.29, 0.717) is 0 Å². The zero-order valence-corrected chi connectivity index (χ0v) is 17.6. The van der Waals surface area contributed by atoms with Crippen LogP contribution in [0.25, 0.3) is 16.8 Å². The average molecular weight is 393 g/mol. The van der Waals surface area contributed by atoms with Crippen LogP contribution in [0.15, 0.2) is 42.7 Å². The van der Waals surface area contributed by atoms with Gasteiger partial charge in [-0.1, -0.05) is 32.9 Å². The normalized spacial score (nSPS) is 17.5. The monoisotopic (exact) mass is 392 g/mol. The summed E-state index contributed by atoms with van der Waals surface area (Å²) in [6.07, 6.45) is 5.77. The highest BCUT2D eigenvalue weighted by Gasteiger charge is 2.32. The van der Waals surface area contributed by atoms with Crippen LogP contribution >= 0.6 is 0 Å². The molecular formula is C23H28N4O2. The van der Waals surface area contributed by atoms with Crippen LogP contribution in [0.1, 0.15) is 45.2 Å². The lowest BCUT2D eigenvalue weighted by Crippen LogP contribution is -2.44. The number of rotatable bonds is 3. The van der Waals surface area contributed by atoms with Crippen LogP contribution in [0.3, 0.4) is 0 Å². The number of amides is 1. The second-order valence-corrected chi connectivity index (χ2v) is 8.73. The Balaban J connectivity index is 1.66. The minimum absolute atomic E-state index is 0.215. The quantitative estimate of drug-likeness (QED) is 0.672. The molecule has 29 heavy (non-hydrogen) atoms. The van der Waals surface area contributed by atoms with Crippen molar-refractivity contribution in [2.24, 2.45) is 5.41 Å². The van der Waals surface area contributed by atoms with Crippen molar-refractivity contribution in [2.45, 2.75) is 39.5 Å². The highest BCUT2D eigenvalue weighted by molar-refractivity contribution is 5.81. The van der Waals surface area contributed by atoms with Crippen molar-refractivity contribution in [3.63, 3.8) is 0 Å². The van der Waals surface area contributed by atoms with Crippen molar-refractivity contribution in [1.82, 2.24) is 19.5 Å². The molecule has 1 saturated heterocycles. The van der Waals surface area contributed by atoms with Crippen molar-refractivity contribution in [2.75, 3.05) is 20.2 Å². The van der Waals surface area contributed by atoms with Crippen molar-refractivity contribution >= 4 is 11.6 Å². The van der Waals surface area contributed by atoms with E-state index in [4.69, 9.17) is 4.74 Å². The van der Waals surface area contributed by atoms with Gasteiger partial charge in [0, 0.05) is 36.2 Å². The number of hydrogen-bond donors (Lipinski definition) is 0. The number of methoxy groups -OCH3 is 1. The number of aromatic nitrogens is 3. The fraction of sp³-hybridized carbons (Fsp3) is 0.435.